The molecule has 5 nitrogen and oxygen atoms in total. The summed E-state index contributed by atoms with van der Waals surface area (Å²) in [5.74, 6) is 5.10. The highest BCUT2D eigenvalue weighted by Gasteiger charge is 2.11. The number of benzene rings is 1. The molecule has 1 rings (SSSR count). The van der Waals surface area contributed by atoms with Gasteiger partial charge in [-0.05, 0) is 31.0 Å². The minimum Gasteiger partial charge on any atom is -0.355 e. The van der Waals surface area contributed by atoms with Crippen molar-refractivity contribution in [3.63, 3.8) is 0 Å². The number of carbonyl (C=O) groups is 2. The Labute approximate surface area is 125 Å². The van der Waals surface area contributed by atoms with E-state index in [2.05, 4.69) is 22.5 Å². The molecule has 0 radical (unpaired) electrons. The Morgan fingerprint density at radius 3 is 2.71 bits per heavy atom. The summed E-state index contributed by atoms with van der Waals surface area (Å²) in [5, 5.41) is 5.29. The Hall–Kier alpha value is -2.32. The number of nitrogens with one attached hydrogen (secondary N) is 2. The van der Waals surface area contributed by atoms with Crippen LogP contribution in [0.25, 0.3) is 0 Å². The molecular formula is C16H21N3O2. The Morgan fingerprint density at radius 2 is 2.05 bits per heavy atom. The third-order valence-electron chi connectivity index (χ3n) is 2.73. The predicted molar refractivity (Wildman–Crippen MR) is 82.7 cm³/mol. The van der Waals surface area contributed by atoms with Crippen molar-refractivity contribution in [2.24, 2.45) is 5.73 Å². The summed E-state index contributed by atoms with van der Waals surface area (Å²) < 4.78 is 0. The molecule has 4 N–H and O–H groups in total. The largest absolute Gasteiger partial charge is 0.355 e. The molecule has 0 unspecified atom stereocenters. The van der Waals surface area contributed by atoms with Crippen molar-refractivity contribution >= 4 is 11.8 Å². The lowest BCUT2D eigenvalue weighted by Gasteiger charge is -2.08. The van der Waals surface area contributed by atoms with Gasteiger partial charge >= 0.3 is 0 Å². The summed E-state index contributed by atoms with van der Waals surface area (Å²) in [6.07, 6.45) is 0.858. The van der Waals surface area contributed by atoms with Gasteiger partial charge in [-0.15, -0.1) is 0 Å². The van der Waals surface area contributed by atoms with Gasteiger partial charge < -0.3 is 16.4 Å². The van der Waals surface area contributed by atoms with Crippen LogP contribution in [0.4, 0.5) is 0 Å². The van der Waals surface area contributed by atoms with Crippen LogP contribution < -0.4 is 16.4 Å². The average molecular weight is 287 g/mol. The summed E-state index contributed by atoms with van der Waals surface area (Å²) in [6.45, 7) is 4.68. The SMILES string of the molecule is CCCNC(=O)CNC(=O)c1ccc(C)cc1C#CCN. The smallest absolute Gasteiger partial charge is 0.252 e. The fourth-order valence-corrected chi connectivity index (χ4v) is 1.69. The van der Waals surface area contributed by atoms with Crippen LogP contribution in [-0.2, 0) is 4.79 Å². The van der Waals surface area contributed by atoms with E-state index in [1.807, 2.05) is 26.0 Å². The standard InChI is InChI=1S/C16H21N3O2/c1-3-9-18-15(20)11-19-16(21)14-7-6-12(2)10-13(14)5-4-8-17/h6-7,10H,3,8-9,11,17H2,1-2H3,(H,18,20)(H,19,21). The van der Waals surface area contributed by atoms with Gasteiger partial charge in [0.1, 0.15) is 0 Å². The van der Waals surface area contributed by atoms with E-state index in [-0.39, 0.29) is 24.9 Å². The van der Waals surface area contributed by atoms with E-state index in [1.54, 1.807) is 6.07 Å². The first-order valence-electron chi connectivity index (χ1n) is 6.93. The summed E-state index contributed by atoms with van der Waals surface area (Å²) in [4.78, 5) is 23.6. The van der Waals surface area contributed by atoms with E-state index >= 15 is 0 Å². The summed E-state index contributed by atoms with van der Waals surface area (Å²) >= 11 is 0. The molecule has 0 saturated heterocycles. The van der Waals surface area contributed by atoms with E-state index in [9.17, 15) is 9.59 Å². The van der Waals surface area contributed by atoms with Crippen LogP contribution in [0.1, 0.15) is 34.8 Å². The normalized spacial score (nSPS) is 9.48. The molecule has 112 valence electrons. The van der Waals surface area contributed by atoms with Gasteiger partial charge in [-0.2, -0.15) is 0 Å². The van der Waals surface area contributed by atoms with Crippen LogP contribution in [0, 0.1) is 18.8 Å². The average Bonchev–Trinajstić information content (AvgIpc) is 2.48. The molecule has 1 aromatic carbocycles. The Balaban J connectivity index is 2.75. The van der Waals surface area contributed by atoms with Crippen molar-refractivity contribution in [1.29, 1.82) is 0 Å². The third kappa shape index (κ3) is 5.67. The molecule has 1 aromatic rings. The van der Waals surface area contributed by atoms with Crippen molar-refractivity contribution in [3.05, 3.63) is 34.9 Å². The molecule has 0 saturated carbocycles. The van der Waals surface area contributed by atoms with Crippen LogP contribution in [0.5, 0.6) is 0 Å². The van der Waals surface area contributed by atoms with Crippen molar-refractivity contribution in [2.75, 3.05) is 19.6 Å². The number of carbonyl (C=O) groups excluding carboxylic acids is 2. The predicted octanol–water partition coefficient (Wildman–Crippen LogP) is 0.561. The molecule has 21 heavy (non-hydrogen) atoms. The zero-order valence-corrected chi connectivity index (χ0v) is 12.5. The van der Waals surface area contributed by atoms with Crippen LogP contribution in [0.3, 0.4) is 0 Å². The molecule has 0 aromatic heterocycles. The molecule has 0 spiro atoms. The van der Waals surface area contributed by atoms with Crippen LogP contribution in [0.15, 0.2) is 18.2 Å². The lowest BCUT2D eigenvalue weighted by Crippen LogP contribution is -2.37. The van der Waals surface area contributed by atoms with Crippen molar-refractivity contribution in [1.82, 2.24) is 10.6 Å². The van der Waals surface area contributed by atoms with Gasteiger partial charge in [0, 0.05) is 12.1 Å². The summed E-state index contributed by atoms with van der Waals surface area (Å²) in [5.41, 5.74) is 7.43. The van der Waals surface area contributed by atoms with Gasteiger partial charge in [0.2, 0.25) is 5.91 Å². The molecule has 5 heteroatoms. The Kier molecular flexibility index (Phi) is 6.99. The quantitative estimate of drug-likeness (QED) is 0.692. The van der Waals surface area contributed by atoms with Crippen LogP contribution in [0.2, 0.25) is 0 Å². The van der Waals surface area contributed by atoms with E-state index in [4.69, 9.17) is 5.73 Å². The number of hydrogen-bond donors (Lipinski definition) is 3. The zero-order valence-electron chi connectivity index (χ0n) is 12.5. The van der Waals surface area contributed by atoms with Crippen molar-refractivity contribution in [2.45, 2.75) is 20.3 Å². The highest BCUT2D eigenvalue weighted by atomic mass is 16.2. The first-order chi connectivity index (χ1) is 10.1. The van der Waals surface area contributed by atoms with E-state index in [1.165, 1.54) is 0 Å². The van der Waals surface area contributed by atoms with Gasteiger partial charge in [-0.3, -0.25) is 9.59 Å². The molecular weight excluding hydrogens is 266 g/mol. The van der Waals surface area contributed by atoms with Crippen molar-refractivity contribution in [3.8, 4) is 11.8 Å². The minimum atomic E-state index is -0.317. The topological polar surface area (TPSA) is 84.2 Å². The van der Waals surface area contributed by atoms with E-state index < -0.39 is 0 Å². The molecule has 0 bridgehead atoms. The molecule has 0 aliphatic carbocycles. The van der Waals surface area contributed by atoms with Gasteiger partial charge in [0.05, 0.1) is 18.7 Å². The number of aryl methyl sites for hydroxylation is 1. The zero-order chi connectivity index (χ0) is 15.7. The maximum Gasteiger partial charge on any atom is 0.252 e. The molecule has 0 heterocycles. The van der Waals surface area contributed by atoms with Gasteiger partial charge in [-0.1, -0.05) is 24.8 Å². The molecule has 0 fully saturated rings. The second kappa shape index (κ2) is 8.77. The number of rotatable bonds is 5. The third-order valence-corrected chi connectivity index (χ3v) is 2.73. The molecule has 0 aliphatic rings. The maximum absolute atomic E-state index is 12.1. The Morgan fingerprint density at radius 1 is 1.29 bits per heavy atom. The summed E-state index contributed by atoms with van der Waals surface area (Å²) in [6, 6.07) is 5.36. The second-order valence-corrected chi connectivity index (χ2v) is 4.59. The lowest BCUT2D eigenvalue weighted by atomic mass is 10.0. The molecule has 2 amide bonds. The van der Waals surface area contributed by atoms with Crippen molar-refractivity contribution < 1.29 is 9.59 Å². The van der Waals surface area contributed by atoms with E-state index in [0.29, 0.717) is 17.7 Å². The van der Waals surface area contributed by atoms with Crippen LogP contribution >= 0.6 is 0 Å². The fraction of sp³-hybridized carbons (Fsp3) is 0.375. The number of amides is 2. The summed E-state index contributed by atoms with van der Waals surface area (Å²) in [7, 11) is 0. The number of nitrogens with two attached hydrogens (primary N) is 1. The van der Waals surface area contributed by atoms with Gasteiger partial charge in [0.25, 0.3) is 5.91 Å². The van der Waals surface area contributed by atoms with Gasteiger partial charge in [-0.25, -0.2) is 0 Å². The fourth-order valence-electron chi connectivity index (χ4n) is 1.69. The highest BCUT2D eigenvalue weighted by Crippen LogP contribution is 2.10. The number of hydrogen-bond acceptors (Lipinski definition) is 3. The van der Waals surface area contributed by atoms with Gasteiger partial charge in [0.15, 0.2) is 0 Å². The van der Waals surface area contributed by atoms with E-state index in [0.717, 1.165) is 12.0 Å². The second-order valence-electron chi connectivity index (χ2n) is 4.59. The monoisotopic (exact) mass is 287 g/mol. The first-order valence-corrected chi connectivity index (χ1v) is 6.93. The first kappa shape index (κ1) is 16.7. The Bertz CT molecular complexity index is 571. The molecule has 0 atom stereocenters. The highest BCUT2D eigenvalue weighted by molar-refractivity contribution is 5.98. The molecule has 0 aliphatic heterocycles. The lowest BCUT2D eigenvalue weighted by molar-refractivity contribution is -0.120. The minimum absolute atomic E-state index is 0.0452. The maximum atomic E-state index is 12.1. The van der Waals surface area contributed by atoms with Crippen LogP contribution in [-0.4, -0.2) is 31.4 Å².